The summed E-state index contributed by atoms with van der Waals surface area (Å²) in [4.78, 5) is 24.2. The number of azo groups is 1. The number of amides is 1. The van der Waals surface area contributed by atoms with Crippen LogP contribution in [0.15, 0.2) is 76.5 Å². The highest BCUT2D eigenvalue weighted by Gasteiger charge is 2.34. The molecule has 0 fully saturated rings. The fourth-order valence-corrected chi connectivity index (χ4v) is 2.50. The van der Waals surface area contributed by atoms with Gasteiger partial charge in [0, 0.05) is 6.08 Å². The van der Waals surface area contributed by atoms with Gasteiger partial charge in [-0.3, -0.25) is 4.79 Å². The van der Waals surface area contributed by atoms with Crippen molar-refractivity contribution in [2.24, 2.45) is 15.3 Å². The number of hydrogen-bond acceptors (Lipinski definition) is 6. The second-order valence-electron chi connectivity index (χ2n) is 5.94. The van der Waals surface area contributed by atoms with Gasteiger partial charge in [0.1, 0.15) is 5.69 Å². The third-order valence-electron chi connectivity index (χ3n) is 3.87. The summed E-state index contributed by atoms with van der Waals surface area (Å²) in [5.41, 5.74) is 2.43. The fourth-order valence-electron chi connectivity index (χ4n) is 2.50. The molecule has 0 N–H and O–H groups in total. The summed E-state index contributed by atoms with van der Waals surface area (Å²) in [6, 6.07) is 13.4. The van der Waals surface area contributed by atoms with E-state index < -0.39 is 12.0 Å². The van der Waals surface area contributed by atoms with E-state index in [1.165, 1.54) is 5.01 Å². The van der Waals surface area contributed by atoms with E-state index in [1.54, 1.807) is 31.2 Å². The molecule has 0 saturated carbocycles. The van der Waals surface area contributed by atoms with Crippen LogP contribution in [0.2, 0.25) is 0 Å². The van der Waals surface area contributed by atoms with E-state index in [9.17, 15) is 9.59 Å². The van der Waals surface area contributed by atoms with Crippen molar-refractivity contribution in [3.8, 4) is 5.75 Å². The Kier molecular flexibility index (Phi) is 5.21. The lowest BCUT2D eigenvalue weighted by atomic mass is 10.2. The summed E-state index contributed by atoms with van der Waals surface area (Å²) < 4.78 is 5.20. The molecule has 1 amide bonds. The van der Waals surface area contributed by atoms with Gasteiger partial charge in [-0.05, 0) is 43.7 Å². The largest absolute Gasteiger partial charge is 0.421 e. The van der Waals surface area contributed by atoms with Gasteiger partial charge in [0.2, 0.25) is 0 Å². The number of hydrazone groups is 1. The molecule has 2 aromatic rings. The van der Waals surface area contributed by atoms with Crippen LogP contribution in [0, 0.1) is 6.92 Å². The molecule has 0 saturated heterocycles. The molecule has 0 aromatic heterocycles. The third-order valence-corrected chi connectivity index (χ3v) is 3.87. The minimum absolute atomic E-state index is 0.253. The van der Waals surface area contributed by atoms with Crippen LogP contribution in [0.3, 0.4) is 0 Å². The smallest absolute Gasteiger partial charge is 0.335 e. The topological polar surface area (TPSA) is 83.7 Å². The Hall–Kier alpha value is -3.61. The lowest BCUT2D eigenvalue weighted by Crippen LogP contribution is -2.29. The third kappa shape index (κ3) is 3.98. The highest BCUT2D eigenvalue weighted by Crippen LogP contribution is 2.30. The molecular formula is C20H18N4O3. The number of aryl methyl sites for hydroxylation is 1. The maximum atomic E-state index is 12.7. The molecule has 1 heterocycles. The Morgan fingerprint density at radius 1 is 1.22 bits per heavy atom. The normalized spacial score (nSPS) is 16.5. The molecule has 7 nitrogen and oxygen atoms in total. The second-order valence-corrected chi connectivity index (χ2v) is 5.94. The lowest BCUT2D eigenvalue weighted by Gasteiger charge is -2.12. The first kappa shape index (κ1) is 18.2. The number of rotatable bonds is 5. The number of esters is 1. The van der Waals surface area contributed by atoms with Crippen LogP contribution in [0.4, 0.5) is 11.4 Å². The van der Waals surface area contributed by atoms with Gasteiger partial charge in [-0.15, -0.1) is 0 Å². The minimum Gasteiger partial charge on any atom is -0.421 e. The van der Waals surface area contributed by atoms with Crippen LogP contribution >= 0.6 is 0 Å². The summed E-state index contributed by atoms with van der Waals surface area (Å²) in [7, 11) is 0. The Labute approximate surface area is 156 Å². The zero-order valence-corrected chi connectivity index (χ0v) is 15.0. The quantitative estimate of drug-likeness (QED) is 0.349. The number of carbonyl (C=O) groups is 2. The average Bonchev–Trinajstić information content (AvgIpc) is 2.95. The molecule has 0 spiro atoms. The van der Waals surface area contributed by atoms with Crippen LogP contribution in [-0.4, -0.2) is 23.6 Å². The van der Waals surface area contributed by atoms with Gasteiger partial charge in [0.25, 0.3) is 5.91 Å². The van der Waals surface area contributed by atoms with Gasteiger partial charge in [0.05, 0.1) is 11.4 Å². The summed E-state index contributed by atoms with van der Waals surface area (Å²) in [6.45, 7) is 6.96. The highest BCUT2D eigenvalue weighted by molar-refractivity contribution is 6.18. The molecule has 1 unspecified atom stereocenters. The van der Waals surface area contributed by atoms with Gasteiger partial charge in [0.15, 0.2) is 11.8 Å². The predicted molar refractivity (Wildman–Crippen MR) is 102 cm³/mol. The molecule has 1 aliphatic rings. The van der Waals surface area contributed by atoms with Gasteiger partial charge in [-0.25, -0.2) is 4.79 Å². The number of para-hydroxylation sites is 1. The number of hydrogen-bond donors (Lipinski definition) is 0. The Morgan fingerprint density at radius 2 is 1.96 bits per heavy atom. The van der Waals surface area contributed by atoms with Crippen molar-refractivity contribution in [3.05, 3.63) is 66.7 Å². The minimum atomic E-state index is -0.825. The summed E-state index contributed by atoms with van der Waals surface area (Å²) in [5, 5.41) is 13.9. The number of benzene rings is 2. The van der Waals surface area contributed by atoms with E-state index in [0.29, 0.717) is 17.1 Å². The van der Waals surface area contributed by atoms with Crippen molar-refractivity contribution in [2.75, 3.05) is 5.01 Å². The van der Waals surface area contributed by atoms with Crippen molar-refractivity contribution in [2.45, 2.75) is 19.9 Å². The number of carbonyl (C=O) groups excluding carboxylic acids is 2. The molecular weight excluding hydrogens is 344 g/mol. The van der Waals surface area contributed by atoms with Crippen LogP contribution in [-0.2, 0) is 9.59 Å². The van der Waals surface area contributed by atoms with E-state index in [4.69, 9.17) is 4.74 Å². The van der Waals surface area contributed by atoms with Crippen molar-refractivity contribution in [3.63, 3.8) is 0 Å². The van der Waals surface area contributed by atoms with Crippen LogP contribution in [0.1, 0.15) is 12.5 Å². The van der Waals surface area contributed by atoms with E-state index in [-0.39, 0.29) is 11.7 Å². The van der Waals surface area contributed by atoms with Gasteiger partial charge < -0.3 is 4.74 Å². The molecule has 0 bridgehead atoms. The number of anilines is 1. The first-order chi connectivity index (χ1) is 13.0. The zero-order chi connectivity index (χ0) is 19.4. The SMILES string of the molecule is C=CC(=O)Oc1cc(C)ccc1N=NC1C(=O)N(c2ccccc2)N=C1C. The first-order valence-corrected chi connectivity index (χ1v) is 8.29. The van der Waals surface area contributed by atoms with E-state index in [0.717, 1.165) is 11.6 Å². The molecule has 27 heavy (non-hydrogen) atoms. The van der Waals surface area contributed by atoms with E-state index >= 15 is 0 Å². The molecule has 0 radical (unpaired) electrons. The van der Waals surface area contributed by atoms with Gasteiger partial charge in [-0.2, -0.15) is 20.3 Å². The van der Waals surface area contributed by atoms with Crippen molar-refractivity contribution in [1.82, 2.24) is 0 Å². The van der Waals surface area contributed by atoms with E-state index in [2.05, 4.69) is 21.9 Å². The summed E-state index contributed by atoms with van der Waals surface area (Å²) >= 11 is 0. The van der Waals surface area contributed by atoms with Crippen LogP contribution in [0.5, 0.6) is 5.75 Å². The highest BCUT2D eigenvalue weighted by atomic mass is 16.5. The van der Waals surface area contributed by atoms with Gasteiger partial charge in [-0.1, -0.05) is 30.8 Å². The Bertz CT molecular complexity index is 951. The molecule has 0 aliphatic carbocycles. The monoisotopic (exact) mass is 362 g/mol. The maximum Gasteiger partial charge on any atom is 0.335 e. The number of ether oxygens (including phenoxy) is 1. The first-order valence-electron chi connectivity index (χ1n) is 8.29. The zero-order valence-electron chi connectivity index (χ0n) is 15.0. The van der Waals surface area contributed by atoms with Crippen molar-refractivity contribution >= 4 is 29.0 Å². The summed E-state index contributed by atoms with van der Waals surface area (Å²) in [5.74, 6) is -0.634. The summed E-state index contributed by atoms with van der Waals surface area (Å²) in [6.07, 6.45) is 1.07. The van der Waals surface area contributed by atoms with Gasteiger partial charge >= 0.3 is 5.97 Å². The lowest BCUT2D eigenvalue weighted by molar-refractivity contribution is -0.129. The number of nitrogens with zero attached hydrogens (tertiary/aromatic N) is 4. The standard InChI is InChI=1S/C20H18N4O3/c1-4-18(25)27-17-12-13(2)10-11-16(17)21-22-19-14(3)23-24(20(19)26)15-8-6-5-7-9-15/h4-12,19H,1H2,2-3H3. The predicted octanol–water partition coefficient (Wildman–Crippen LogP) is 3.96. The Balaban J connectivity index is 1.84. The fraction of sp³-hybridized carbons (Fsp3) is 0.150. The Morgan fingerprint density at radius 3 is 2.67 bits per heavy atom. The van der Waals surface area contributed by atoms with Crippen LogP contribution in [0.25, 0.3) is 0 Å². The molecule has 136 valence electrons. The molecule has 1 aliphatic heterocycles. The van der Waals surface area contributed by atoms with E-state index in [1.807, 2.05) is 31.2 Å². The molecule has 3 rings (SSSR count). The maximum absolute atomic E-state index is 12.7. The van der Waals surface area contributed by atoms with Crippen molar-refractivity contribution in [1.29, 1.82) is 0 Å². The average molecular weight is 362 g/mol. The molecule has 2 aromatic carbocycles. The molecule has 7 heteroatoms. The van der Waals surface area contributed by atoms with Crippen molar-refractivity contribution < 1.29 is 14.3 Å². The van der Waals surface area contributed by atoms with Crippen LogP contribution < -0.4 is 9.75 Å². The second kappa shape index (κ2) is 7.74. The molecule has 1 atom stereocenters.